The van der Waals surface area contributed by atoms with Gasteiger partial charge in [0.1, 0.15) is 0 Å². The normalized spacial score (nSPS) is 17.3. The lowest BCUT2D eigenvalue weighted by molar-refractivity contribution is 0.206. The van der Waals surface area contributed by atoms with Crippen LogP contribution in [0.4, 0.5) is 0 Å². The van der Waals surface area contributed by atoms with E-state index in [4.69, 9.17) is 0 Å². The second kappa shape index (κ2) is 9.89. The van der Waals surface area contributed by atoms with Crippen LogP contribution in [0.2, 0.25) is 0 Å². The maximum absolute atomic E-state index is 11.8. The Bertz CT molecular complexity index is 680. The molecular formula is C18H31N5O2S. The van der Waals surface area contributed by atoms with Crippen molar-refractivity contribution >= 4 is 16.0 Å². The van der Waals surface area contributed by atoms with Crippen LogP contribution < -0.4 is 15.4 Å². The summed E-state index contributed by atoms with van der Waals surface area (Å²) in [6.45, 7) is 6.25. The molecular weight excluding hydrogens is 350 g/mol. The van der Waals surface area contributed by atoms with Gasteiger partial charge in [0.05, 0.1) is 4.90 Å². The minimum absolute atomic E-state index is 0.269. The first-order valence-electron chi connectivity index (χ1n) is 9.20. The molecule has 0 saturated carbocycles. The molecule has 26 heavy (non-hydrogen) atoms. The summed E-state index contributed by atoms with van der Waals surface area (Å²) in [5.41, 5.74) is 1.00. The summed E-state index contributed by atoms with van der Waals surface area (Å²) in [6.07, 6.45) is 3.45. The highest BCUT2D eigenvalue weighted by molar-refractivity contribution is 7.89. The number of likely N-dealkylation sites (tertiary alicyclic amines) is 1. The van der Waals surface area contributed by atoms with Gasteiger partial charge in [0, 0.05) is 32.7 Å². The first kappa shape index (κ1) is 20.7. The molecule has 1 heterocycles. The number of guanidine groups is 1. The number of rotatable bonds is 7. The molecule has 0 radical (unpaired) electrons. The van der Waals surface area contributed by atoms with Crippen LogP contribution in [-0.4, -0.2) is 59.0 Å². The average molecular weight is 382 g/mol. The van der Waals surface area contributed by atoms with Gasteiger partial charge in [0.25, 0.3) is 0 Å². The van der Waals surface area contributed by atoms with Gasteiger partial charge in [-0.15, -0.1) is 0 Å². The molecule has 1 saturated heterocycles. The van der Waals surface area contributed by atoms with Crippen LogP contribution in [0.25, 0.3) is 0 Å². The third-order valence-electron chi connectivity index (χ3n) is 4.65. The molecule has 0 aromatic heterocycles. The topological polar surface area (TPSA) is 85.8 Å². The van der Waals surface area contributed by atoms with E-state index in [9.17, 15) is 8.42 Å². The van der Waals surface area contributed by atoms with Gasteiger partial charge in [0.2, 0.25) is 10.0 Å². The minimum Gasteiger partial charge on any atom is -0.354 e. The summed E-state index contributed by atoms with van der Waals surface area (Å²) < 4.78 is 25.8. The van der Waals surface area contributed by atoms with E-state index in [0.29, 0.717) is 12.6 Å². The fourth-order valence-corrected chi connectivity index (χ4v) is 3.83. The van der Waals surface area contributed by atoms with Crippen molar-refractivity contribution in [2.75, 3.05) is 33.7 Å². The van der Waals surface area contributed by atoms with E-state index in [2.05, 4.69) is 32.2 Å². The zero-order valence-electron chi connectivity index (χ0n) is 16.0. The maximum atomic E-state index is 11.8. The monoisotopic (exact) mass is 381 g/mol. The lowest BCUT2D eigenvalue weighted by Gasteiger charge is -2.32. The molecule has 2 rings (SSSR count). The number of piperidine rings is 1. The molecule has 0 amide bonds. The molecule has 0 aliphatic carbocycles. The highest BCUT2D eigenvalue weighted by Crippen LogP contribution is 2.11. The van der Waals surface area contributed by atoms with E-state index in [1.807, 2.05) is 12.1 Å². The van der Waals surface area contributed by atoms with Crippen LogP contribution >= 0.6 is 0 Å². The van der Waals surface area contributed by atoms with Crippen molar-refractivity contribution in [2.24, 2.45) is 4.99 Å². The Balaban J connectivity index is 1.82. The highest BCUT2D eigenvalue weighted by Gasteiger charge is 2.19. The molecule has 0 atom stereocenters. The number of sulfonamides is 1. The fourth-order valence-electron chi connectivity index (χ4n) is 3.10. The average Bonchev–Trinajstić information content (AvgIpc) is 2.67. The number of hydrogen-bond acceptors (Lipinski definition) is 4. The quantitative estimate of drug-likeness (QED) is 0.487. The van der Waals surface area contributed by atoms with Gasteiger partial charge in [-0.05, 0) is 50.6 Å². The van der Waals surface area contributed by atoms with Crippen LogP contribution in [0.15, 0.2) is 34.2 Å². The molecule has 7 nitrogen and oxygen atoms in total. The van der Waals surface area contributed by atoms with Crippen molar-refractivity contribution < 1.29 is 8.42 Å². The molecule has 1 fully saturated rings. The third kappa shape index (κ3) is 5.96. The molecule has 1 aliphatic rings. The Labute approximate surface area is 157 Å². The second-order valence-corrected chi connectivity index (χ2v) is 8.42. The number of benzene rings is 1. The van der Waals surface area contributed by atoms with Crippen molar-refractivity contribution in [1.82, 2.24) is 20.3 Å². The second-order valence-electron chi connectivity index (χ2n) is 6.54. The van der Waals surface area contributed by atoms with Gasteiger partial charge in [-0.2, -0.15) is 0 Å². The van der Waals surface area contributed by atoms with Gasteiger partial charge in [-0.1, -0.05) is 19.1 Å². The minimum atomic E-state index is -3.39. The summed E-state index contributed by atoms with van der Waals surface area (Å²) in [5.74, 6) is 0.783. The van der Waals surface area contributed by atoms with E-state index in [-0.39, 0.29) is 4.90 Å². The van der Waals surface area contributed by atoms with Gasteiger partial charge in [-0.3, -0.25) is 4.99 Å². The van der Waals surface area contributed by atoms with E-state index in [1.54, 1.807) is 19.2 Å². The lowest BCUT2D eigenvalue weighted by Crippen LogP contribution is -2.48. The molecule has 8 heteroatoms. The lowest BCUT2D eigenvalue weighted by atomic mass is 10.1. The van der Waals surface area contributed by atoms with Crippen molar-refractivity contribution in [1.29, 1.82) is 0 Å². The predicted octanol–water partition coefficient (Wildman–Crippen LogP) is 1.13. The van der Waals surface area contributed by atoms with Gasteiger partial charge < -0.3 is 15.5 Å². The first-order chi connectivity index (χ1) is 12.5. The van der Waals surface area contributed by atoms with Gasteiger partial charge in [0.15, 0.2) is 5.96 Å². The van der Waals surface area contributed by atoms with Crippen LogP contribution in [0.3, 0.4) is 0 Å². The van der Waals surface area contributed by atoms with E-state index < -0.39 is 10.0 Å². The molecule has 0 spiro atoms. The highest BCUT2D eigenvalue weighted by atomic mass is 32.2. The van der Waals surface area contributed by atoms with Crippen molar-refractivity contribution in [3.8, 4) is 0 Å². The Morgan fingerprint density at radius 2 is 1.88 bits per heavy atom. The molecule has 146 valence electrons. The molecule has 0 bridgehead atoms. The Morgan fingerprint density at radius 1 is 1.23 bits per heavy atom. The smallest absolute Gasteiger partial charge is 0.240 e. The van der Waals surface area contributed by atoms with E-state index in [1.165, 1.54) is 20.0 Å². The standard InChI is InChI=1S/C18H31N5O2S/c1-4-11-23-12-9-16(10-13-23)22-18(19-2)21-14-15-5-7-17(8-6-15)26(24,25)20-3/h5-8,16,20H,4,9-14H2,1-3H3,(H2,19,21,22). The fraction of sp³-hybridized carbons (Fsp3) is 0.611. The third-order valence-corrected chi connectivity index (χ3v) is 6.08. The zero-order valence-corrected chi connectivity index (χ0v) is 16.8. The maximum Gasteiger partial charge on any atom is 0.240 e. The molecule has 1 aromatic rings. The number of nitrogens with one attached hydrogen (secondary N) is 3. The van der Waals surface area contributed by atoms with Gasteiger partial charge >= 0.3 is 0 Å². The summed E-state index contributed by atoms with van der Waals surface area (Å²) >= 11 is 0. The molecule has 3 N–H and O–H groups in total. The SMILES string of the molecule is CCCN1CCC(NC(=NC)NCc2ccc(S(=O)(=O)NC)cc2)CC1. The van der Waals surface area contributed by atoms with Crippen LogP contribution in [0.5, 0.6) is 0 Å². The molecule has 1 aromatic carbocycles. The summed E-state index contributed by atoms with van der Waals surface area (Å²) in [5, 5.41) is 6.79. The summed E-state index contributed by atoms with van der Waals surface area (Å²) in [6, 6.07) is 7.30. The zero-order chi connectivity index (χ0) is 19.0. The predicted molar refractivity (Wildman–Crippen MR) is 106 cm³/mol. The number of aliphatic imine (C=N–C) groups is 1. The van der Waals surface area contributed by atoms with Crippen LogP contribution in [-0.2, 0) is 16.6 Å². The van der Waals surface area contributed by atoms with E-state index in [0.717, 1.165) is 37.5 Å². The van der Waals surface area contributed by atoms with E-state index >= 15 is 0 Å². The first-order valence-corrected chi connectivity index (χ1v) is 10.7. The summed E-state index contributed by atoms with van der Waals surface area (Å²) in [7, 11) is -0.211. The Kier molecular flexibility index (Phi) is 7.86. The Morgan fingerprint density at radius 3 is 2.42 bits per heavy atom. The van der Waals surface area contributed by atoms with Crippen LogP contribution in [0.1, 0.15) is 31.7 Å². The number of nitrogens with zero attached hydrogens (tertiary/aromatic N) is 2. The number of hydrogen-bond donors (Lipinski definition) is 3. The van der Waals surface area contributed by atoms with Crippen LogP contribution in [0, 0.1) is 0 Å². The summed E-state index contributed by atoms with van der Waals surface area (Å²) in [4.78, 5) is 7.08. The van der Waals surface area contributed by atoms with Crippen molar-refractivity contribution in [3.63, 3.8) is 0 Å². The largest absolute Gasteiger partial charge is 0.354 e. The van der Waals surface area contributed by atoms with Crippen molar-refractivity contribution in [3.05, 3.63) is 29.8 Å². The Hall–Kier alpha value is -1.64. The van der Waals surface area contributed by atoms with Gasteiger partial charge in [-0.25, -0.2) is 13.1 Å². The molecule has 0 unspecified atom stereocenters. The molecule has 1 aliphatic heterocycles. The van der Waals surface area contributed by atoms with Crippen molar-refractivity contribution in [2.45, 2.75) is 43.7 Å².